The molecule has 3 heterocycles. The van der Waals surface area contributed by atoms with Crippen LogP contribution < -0.4 is 10.2 Å². The highest BCUT2D eigenvalue weighted by molar-refractivity contribution is 5.44. The van der Waals surface area contributed by atoms with Gasteiger partial charge in [0.05, 0.1) is 12.7 Å². The molecule has 1 aliphatic heterocycles. The van der Waals surface area contributed by atoms with Crippen LogP contribution in [0.1, 0.15) is 24.5 Å². The molecule has 0 aromatic carbocycles. The van der Waals surface area contributed by atoms with Crippen LogP contribution in [0.3, 0.4) is 0 Å². The molecular weight excluding hydrogens is 252 g/mol. The number of aryl methyl sites for hydroxylation is 1. The number of rotatable bonds is 4. The van der Waals surface area contributed by atoms with Crippen molar-refractivity contribution < 1.29 is 4.42 Å². The van der Waals surface area contributed by atoms with E-state index < -0.39 is 0 Å². The first-order chi connectivity index (χ1) is 9.81. The van der Waals surface area contributed by atoms with Crippen molar-refractivity contribution >= 4 is 5.69 Å². The molecule has 3 rings (SSSR count). The number of piperidine rings is 1. The normalized spacial score (nSPS) is 16.6. The van der Waals surface area contributed by atoms with Crippen LogP contribution in [0.2, 0.25) is 0 Å². The molecule has 5 nitrogen and oxygen atoms in total. The average molecular weight is 272 g/mol. The third kappa shape index (κ3) is 3.17. The molecular formula is C15H20N4O. The number of nitrogens with zero attached hydrogens (tertiary/aromatic N) is 3. The van der Waals surface area contributed by atoms with Gasteiger partial charge >= 0.3 is 0 Å². The minimum Gasteiger partial charge on any atom is -0.445 e. The lowest BCUT2D eigenvalue weighted by molar-refractivity contribution is 0.378. The maximum atomic E-state index is 5.47. The first kappa shape index (κ1) is 13.1. The maximum Gasteiger partial charge on any atom is 0.208 e. The first-order valence-electron chi connectivity index (χ1n) is 7.11. The Balaban J connectivity index is 1.47. The molecule has 0 atom stereocenters. The topological polar surface area (TPSA) is 54.2 Å². The van der Waals surface area contributed by atoms with E-state index in [0.717, 1.165) is 37.6 Å². The number of hydrogen-bond acceptors (Lipinski definition) is 5. The Hall–Kier alpha value is -1.88. The number of pyridine rings is 1. The van der Waals surface area contributed by atoms with Gasteiger partial charge < -0.3 is 14.6 Å². The van der Waals surface area contributed by atoms with Crippen molar-refractivity contribution in [1.82, 2.24) is 15.3 Å². The van der Waals surface area contributed by atoms with Gasteiger partial charge in [0.15, 0.2) is 0 Å². The number of anilines is 1. The Morgan fingerprint density at radius 2 is 2.05 bits per heavy atom. The standard InChI is InChI=1S/C15H20N4O/c1-12-10-18-15(20-12)11-17-13-4-8-19(9-5-13)14-2-6-16-7-3-14/h2-3,6-7,10,13,17H,4-5,8-9,11H2,1H3. The van der Waals surface area contributed by atoms with Crippen molar-refractivity contribution in [2.75, 3.05) is 18.0 Å². The lowest BCUT2D eigenvalue weighted by Crippen LogP contribution is -2.42. The smallest absolute Gasteiger partial charge is 0.208 e. The predicted molar refractivity (Wildman–Crippen MR) is 77.6 cm³/mol. The summed E-state index contributed by atoms with van der Waals surface area (Å²) in [6.45, 7) is 4.79. The van der Waals surface area contributed by atoms with Crippen molar-refractivity contribution in [2.24, 2.45) is 0 Å². The van der Waals surface area contributed by atoms with Gasteiger partial charge in [-0.1, -0.05) is 0 Å². The molecule has 0 bridgehead atoms. The molecule has 20 heavy (non-hydrogen) atoms. The zero-order chi connectivity index (χ0) is 13.8. The molecule has 0 unspecified atom stereocenters. The molecule has 1 aliphatic rings. The number of nitrogens with one attached hydrogen (secondary N) is 1. The summed E-state index contributed by atoms with van der Waals surface area (Å²) in [7, 11) is 0. The second-order valence-electron chi connectivity index (χ2n) is 5.21. The average Bonchev–Trinajstić information content (AvgIpc) is 2.92. The minimum absolute atomic E-state index is 0.542. The zero-order valence-corrected chi connectivity index (χ0v) is 11.7. The molecule has 1 N–H and O–H groups in total. The molecule has 0 radical (unpaired) electrons. The Morgan fingerprint density at radius 3 is 2.70 bits per heavy atom. The lowest BCUT2D eigenvalue weighted by atomic mass is 10.0. The van der Waals surface area contributed by atoms with Crippen molar-refractivity contribution in [2.45, 2.75) is 32.4 Å². The van der Waals surface area contributed by atoms with Gasteiger partial charge in [-0.2, -0.15) is 0 Å². The van der Waals surface area contributed by atoms with Crippen molar-refractivity contribution in [1.29, 1.82) is 0 Å². The van der Waals surface area contributed by atoms with Crippen LogP contribution in [-0.4, -0.2) is 29.1 Å². The summed E-state index contributed by atoms with van der Waals surface area (Å²) in [4.78, 5) is 10.7. The van der Waals surface area contributed by atoms with E-state index in [1.807, 2.05) is 19.3 Å². The highest BCUT2D eigenvalue weighted by atomic mass is 16.4. The van der Waals surface area contributed by atoms with Gasteiger partial charge in [0.2, 0.25) is 5.89 Å². The van der Waals surface area contributed by atoms with Crippen LogP contribution in [0, 0.1) is 6.92 Å². The molecule has 0 aliphatic carbocycles. The summed E-state index contributed by atoms with van der Waals surface area (Å²) in [5, 5.41) is 3.53. The monoisotopic (exact) mass is 272 g/mol. The van der Waals surface area contributed by atoms with E-state index in [9.17, 15) is 0 Å². The Bertz CT molecular complexity index is 532. The summed E-state index contributed by atoms with van der Waals surface area (Å²) < 4.78 is 5.47. The molecule has 0 saturated carbocycles. The SMILES string of the molecule is Cc1cnc(CNC2CCN(c3ccncc3)CC2)o1. The molecule has 1 fully saturated rings. The summed E-state index contributed by atoms with van der Waals surface area (Å²) in [5.41, 5.74) is 1.27. The fourth-order valence-corrected chi connectivity index (χ4v) is 2.61. The Labute approximate surface area is 119 Å². The van der Waals surface area contributed by atoms with Crippen molar-refractivity contribution in [3.63, 3.8) is 0 Å². The summed E-state index contributed by atoms with van der Waals surface area (Å²) in [5.74, 6) is 1.65. The van der Waals surface area contributed by atoms with Crippen LogP contribution in [0.25, 0.3) is 0 Å². The van der Waals surface area contributed by atoms with Crippen molar-refractivity contribution in [3.05, 3.63) is 42.4 Å². The number of hydrogen-bond donors (Lipinski definition) is 1. The predicted octanol–water partition coefficient (Wildman–Crippen LogP) is 2.14. The summed E-state index contributed by atoms with van der Waals surface area (Å²) in [6, 6.07) is 4.69. The first-order valence-corrected chi connectivity index (χ1v) is 7.11. The van der Waals surface area contributed by atoms with Crippen LogP contribution >= 0.6 is 0 Å². The largest absolute Gasteiger partial charge is 0.445 e. The van der Waals surface area contributed by atoms with Crippen LogP contribution in [0.15, 0.2) is 35.1 Å². The highest BCUT2D eigenvalue weighted by Gasteiger charge is 2.19. The molecule has 106 valence electrons. The van der Waals surface area contributed by atoms with Crippen molar-refractivity contribution in [3.8, 4) is 0 Å². The van der Waals surface area contributed by atoms with E-state index in [-0.39, 0.29) is 0 Å². The van der Waals surface area contributed by atoms with Gasteiger partial charge in [-0.25, -0.2) is 4.98 Å². The third-order valence-electron chi connectivity index (χ3n) is 3.73. The molecule has 5 heteroatoms. The van der Waals surface area contributed by atoms with Gasteiger partial charge in [0, 0.05) is 37.2 Å². The van der Waals surface area contributed by atoms with Crippen LogP contribution in [-0.2, 0) is 6.54 Å². The van der Waals surface area contributed by atoms with E-state index in [1.165, 1.54) is 5.69 Å². The number of oxazole rings is 1. The Morgan fingerprint density at radius 1 is 1.30 bits per heavy atom. The molecule has 2 aromatic rings. The van der Waals surface area contributed by atoms with Gasteiger partial charge in [-0.05, 0) is 31.9 Å². The van der Waals surface area contributed by atoms with Gasteiger partial charge in [0.1, 0.15) is 5.76 Å². The number of aromatic nitrogens is 2. The molecule has 2 aromatic heterocycles. The lowest BCUT2D eigenvalue weighted by Gasteiger charge is -2.33. The molecule has 0 amide bonds. The quantitative estimate of drug-likeness (QED) is 0.924. The fourth-order valence-electron chi connectivity index (χ4n) is 2.61. The second-order valence-corrected chi connectivity index (χ2v) is 5.21. The van der Waals surface area contributed by atoms with E-state index in [4.69, 9.17) is 4.42 Å². The fraction of sp³-hybridized carbons (Fsp3) is 0.467. The second kappa shape index (κ2) is 6.05. The Kier molecular flexibility index (Phi) is 3.97. The van der Waals surface area contributed by atoms with E-state index >= 15 is 0 Å². The summed E-state index contributed by atoms with van der Waals surface area (Å²) in [6.07, 6.45) is 7.75. The minimum atomic E-state index is 0.542. The van der Waals surface area contributed by atoms with Gasteiger partial charge in [-0.15, -0.1) is 0 Å². The highest BCUT2D eigenvalue weighted by Crippen LogP contribution is 2.19. The van der Waals surface area contributed by atoms with Crippen LogP contribution in [0.5, 0.6) is 0 Å². The maximum absolute atomic E-state index is 5.47. The van der Waals surface area contributed by atoms with Gasteiger partial charge in [-0.3, -0.25) is 4.98 Å². The van der Waals surface area contributed by atoms with Crippen LogP contribution in [0.4, 0.5) is 5.69 Å². The summed E-state index contributed by atoms with van der Waals surface area (Å²) >= 11 is 0. The third-order valence-corrected chi connectivity index (χ3v) is 3.73. The van der Waals surface area contributed by atoms with E-state index in [0.29, 0.717) is 12.6 Å². The van der Waals surface area contributed by atoms with Gasteiger partial charge in [0.25, 0.3) is 0 Å². The molecule has 1 saturated heterocycles. The van der Waals surface area contributed by atoms with E-state index in [1.54, 1.807) is 6.20 Å². The molecule has 0 spiro atoms. The zero-order valence-electron chi connectivity index (χ0n) is 11.7. The van der Waals surface area contributed by atoms with E-state index in [2.05, 4.69) is 32.3 Å².